The summed E-state index contributed by atoms with van der Waals surface area (Å²) in [6.45, 7) is 3.32. The summed E-state index contributed by atoms with van der Waals surface area (Å²) in [5.74, 6) is 0.518. The van der Waals surface area contributed by atoms with Crippen LogP contribution >= 0.6 is 12.2 Å². The maximum atomic E-state index is 12.2. The number of H-pyrrole nitrogens is 1. The van der Waals surface area contributed by atoms with E-state index in [1.54, 1.807) is 31.2 Å². The van der Waals surface area contributed by atoms with Crippen molar-refractivity contribution in [3.05, 3.63) is 74.4 Å². The molecule has 160 valence electrons. The fourth-order valence-corrected chi connectivity index (χ4v) is 2.82. The summed E-state index contributed by atoms with van der Waals surface area (Å²) >= 11 is 5.05. The molecule has 2 aromatic carbocycles. The van der Waals surface area contributed by atoms with Gasteiger partial charge >= 0.3 is 0 Å². The summed E-state index contributed by atoms with van der Waals surface area (Å²) in [7, 11) is 1.49. The summed E-state index contributed by atoms with van der Waals surface area (Å²) in [6, 6.07) is 12.5. The summed E-state index contributed by atoms with van der Waals surface area (Å²) in [5.41, 5.74) is 2.22. The van der Waals surface area contributed by atoms with Gasteiger partial charge in [-0.15, -0.1) is 0 Å². The van der Waals surface area contributed by atoms with Gasteiger partial charge in [-0.3, -0.25) is 14.7 Å². The predicted octanol–water partition coefficient (Wildman–Crippen LogP) is 2.83. The maximum absolute atomic E-state index is 12.2. The van der Waals surface area contributed by atoms with Crippen LogP contribution in [0.1, 0.15) is 16.8 Å². The van der Waals surface area contributed by atoms with Crippen LogP contribution in [-0.2, 0) is 4.79 Å². The summed E-state index contributed by atoms with van der Waals surface area (Å²) in [5, 5.41) is 13.2. The molecule has 0 unspecified atom stereocenters. The van der Waals surface area contributed by atoms with Gasteiger partial charge in [-0.25, -0.2) is 0 Å². The Morgan fingerprint density at radius 2 is 2.06 bits per heavy atom. The predicted molar refractivity (Wildman–Crippen MR) is 120 cm³/mol. The number of carbonyl (C=O) groups excluding carboxylic acids is 1. The first-order valence-corrected chi connectivity index (χ1v) is 9.68. The molecule has 0 fully saturated rings. The zero-order valence-corrected chi connectivity index (χ0v) is 18.0. The van der Waals surface area contributed by atoms with Crippen molar-refractivity contribution in [2.45, 2.75) is 13.8 Å². The highest BCUT2D eigenvalue weighted by Crippen LogP contribution is 2.27. The van der Waals surface area contributed by atoms with E-state index >= 15 is 0 Å². The molecule has 1 aromatic heterocycles. The summed E-state index contributed by atoms with van der Waals surface area (Å²) in [4.78, 5) is 24.3. The van der Waals surface area contributed by atoms with Gasteiger partial charge in [-0.05, 0) is 67.5 Å². The van der Waals surface area contributed by atoms with E-state index in [9.17, 15) is 9.59 Å². The monoisotopic (exact) mass is 439 g/mol. The molecule has 9 nitrogen and oxygen atoms in total. The highest BCUT2D eigenvalue weighted by Gasteiger charge is 2.09. The molecule has 0 aliphatic carbocycles. The number of aromatic nitrogens is 3. The molecule has 0 radical (unpaired) electrons. The van der Waals surface area contributed by atoms with Crippen molar-refractivity contribution in [1.29, 1.82) is 0 Å². The Balaban J connectivity index is 1.70. The zero-order chi connectivity index (χ0) is 22.4. The second-order valence-corrected chi connectivity index (χ2v) is 6.98. The van der Waals surface area contributed by atoms with Crippen LogP contribution in [0.15, 0.2) is 52.4 Å². The molecule has 0 bridgehead atoms. The molecule has 1 heterocycles. The van der Waals surface area contributed by atoms with Crippen LogP contribution in [0.5, 0.6) is 11.5 Å². The average molecular weight is 439 g/mol. The largest absolute Gasteiger partial charge is 0.493 e. The van der Waals surface area contributed by atoms with Gasteiger partial charge in [-0.1, -0.05) is 12.1 Å². The fraction of sp³-hybridized carbons (Fsp3) is 0.190. The van der Waals surface area contributed by atoms with E-state index in [4.69, 9.17) is 21.7 Å². The number of hydrogen-bond donors (Lipinski definition) is 2. The van der Waals surface area contributed by atoms with Crippen molar-refractivity contribution < 1.29 is 14.3 Å². The van der Waals surface area contributed by atoms with Crippen molar-refractivity contribution in [2.24, 2.45) is 5.10 Å². The first kappa shape index (κ1) is 21.9. The van der Waals surface area contributed by atoms with E-state index in [1.165, 1.54) is 13.3 Å². The molecule has 0 saturated heterocycles. The number of nitrogens with zero attached hydrogens (tertiary/aromatic N) is 3. The van der Waals surface area contributed by atoms with E-state index in [0.717, 1.165) is 10.2 Å². The first-order chi connectivity index (χ1) is 14.9. The Bertz CT molecular complexity index is 1250. The fourth-order valence-electron chi connectivity index (χ4n) is 2.65. The second-order valence-electron chi connectivity index (χ2n) is 6.59. The second kappa shape index (κ2) is 9.81. The SMILES string of the molecule is COc1cc(/C=N/n2c(=S)[nH]nc(C)c2=O)ccc1OCC(=O)Nc1cccc(C)c1. The molecule has 0 aliphatic rings. The molecule has 3 aromatic rings. The lowest BCUT2D eigenvalue weighted by atomic mass is 10.2. The van der Waals surface area contributed by atoms with E-state index in [1.807, 2.05) is 25.1 Å². The molecule has 10 heteroatoms. The average Bonchev–Trinajstić information content (AvgIpc) is 2.75. The molecule has 2 N–H and O–H groups in total. The Morgan fingerprint density at radius 3 is 2.81 bits per heavy atom. The quantitative estimate of drug-likeness (QED) is 0.433. The number of benzene rings is 2. The van der Waals surface area contributed by atoms with E-state index in [-0.39, 0.29) is 23.0 Å². The molecule has 0 aliphatic heterocycles. The van der Waals surface area contributed by atoms with Gasteiger partial charge in [0.15, 0.2) is 18.1 Å². The van der Waals surface area contributed by atoms with Crippen LogP contribution in [0.2, 0.25) is 0 Å². The van der Waals surface area contributed by atoms with Gasteiger partial charge in [0.05, 0.1) is 13.3 Å². The van der Waals surface area contributed by atoms with Crippen LogP contribution in [0.3, 0.4) is 0 Å². The van der Waals surface area contributed by atoms with Crippen LogP contribution in [0, 0.1) is 18.6 Å². The number of methoxy groups -OCH3 is 1. The third kappa shape index (κ3) is 5.64. The zero-order valence-electron chi connectivity index (χ0n) is 17.2. The molecule has 0 saturated carbocycles. The van der Waals surface area contributed by atoms with Crippen molar-refractivity contribution >= 4 is 30.0 Å². The number of ether oxygens (including phenoxy) is 2. The molecule has 1 amide bonds. The number of aryl methyl sites for hydroxylation is 2. The Hall–Kier alpha value is -3.79. The lowest BCUT2D eigenvalue weighted by Crippen LogP contribution is -2.22. The first-order valence-electron chi connectivity index (χ1n) is 9.27. The number of aromatic amines is 1. The third-order valence-corrected chi connectivity index (χ3v) is 4.45. The van der Waals surface area contributed by atoms with E-state index in [0.29, 0.717) is 22.7 Å². The number of amides is 1. The minimum atomic E-state index is -0.411. The van der Waals surface area contributed by atoms with Gasteiger partial charge in [0.2, 0.25) is 4.77 Å². The van der Waals surface area contributed by atoms with E-state index < -0.39 is 5.56 Å². The maximum Gasteiger partial charge on any atom is 0.296 e. The minimum Gasteiger partial charge on any atom is -0.493 e. The summed E-state index contributed by atoms with van der Waals surface area (Å²) in [6.07, 6.45) is 1.46. The molecule has 31 heavy (non-hydrogen) atoms. The van der Waals surface area contributed by atoms with Crippen LogP contribution in [0.4, 0.5) is 5.69 Å². The highest BCUT2D eigenvalue weighted by atomic mass is 32.1. The van der Waals surface area contributed by atoms with Crippen LogP contribution < -0.4 is 20.3 Å². The summed E-state index contributed by atoms with van der Waals surface area (Å²) < 4.78 is 12.1. The number of hydrogen-bond acceptors (Lipinski definition) is 7. The van der Waals surface area contributed by atoms with Gasteiger partial charge < -0.3 is 14.8 Å². The van der Waals surface area contributed by atoms with Gasteiger partial charge in [0.25, 0.3) is 11.5 Å². The topological polar surface area (TPSA) is 111 Å². The standard InChI is InChI=1S/C21H21N5O4S/c1-13-5-4-6-16(9-13)23-19(27)12-30-17-8-7-15(10-18(17)29-3)11-22-26-20(28)14(2)24-25-21(26)31/h4-11H,12H2,1-3H3,(H,23,27)(H,25,31)/b22-11+. The van der Waals surface area contributed by atoms with Gasteiger partial charge in [0.1, 0.15) is 5.69 Å². The van der Waals surface area contributed by atoms with Crippen LogP contribution in [0.25, 0.3) is 0 Å². The van der Waals surface area contributed by atoms with Crippen molar-refractivity contribution in [2.75, 3.05) is 19.0 Å². The molecular formula is C21H21N5O4S. The number of rotatable bonds is 7. The molecule has 3 rings (SSSR count). The Labute approximate surface area is 183 Å². The van der Waals surface area contributed by atoms with Crippen molar-refractivity contribution in [3.63, 3.8) is 0 Å². The lowest BCUT2D eigenvalue weighted by molar-refractivity contribution is -0.118. The number of carbonyl (C=O) groups is 1. The highest BCUT2D eigenvalue weighted by molar-refractivity contribution is 7.71. The normalized spacial score (nSPS) is 10.8. The lowest BCUT2D eigenvalue weighted by Gasteiger charge is -2.11. The van der Waals surface area contributed by atoms with Crippen LogP contribution in [-0.4, -0.2) is 40.7 Å². The van der Waals surface area contributed by atoms with Gasteiger partial charge in [0, 0.05) is 5.69 Å². The molecular weight excluding hydrogens is 418 g/mol. The number of anilines is 1. The molecule has 0 spiro atoms. The Kier molecular flexibility index (Phi) is 6.93. The smallest absolute Gasteiger partial charge is 0.296 e. The van der Waals surface area contributed by atoms with E-state index in [2.05, 4.69) is 20.6 Å². The van der Waals surface area contributed by atoms with Gasteiger partial charge in [-0.2, -0.15) is 14.9 Å². The Morgan fingerprint density at radius 1 is 1.26 bits per heavy atom. The molecule has 0 atom stereocenters. The minimum absolute atomic E-state index is 0.0818. The third-order valence-electron chi connectivity index (χ3n) is 4.18. The van der Waals surface area contributed by atoms with Crippen molar-refractivity contribution in [3.8, 4) is 11.5 Å². The number of nitrogens with one attached hydrogen (secondary N) is 2. The van der Waals surface area contributed by atoms with Crippen molar-refractivity contribution in [1.82, 2.24) is 14.9 Å².